The van der Waals surface area contributed by atoms with Crippen molar-refractivity contribution in [2.45, 2.75) is 20.4 Å². The Labute approximate surface area is 143 Å². The number of aromatic amines is 1. The summed E-state index contributed by atoms with van der Waals surface area (Å²) in [6, 6.07) is 11.4. The first kappa shape index (κ1) is 15.2. The predicted molar refractivity (Wildman–Crippen MR) is 96.9 cm³/mol. The van der Waals surface area contributed by atoms with Crippen LogP contribution in [0.2, 0.25) is 0 Å². The smallest absolute Gasteiger partial charge is 0.359 e. The third kappa shape index (κ3) is 2.50. The largest absolute Gasteiger partial charge is 0.372 e. The lowest BCUT2D eigenvalue weighted by atomic mass is 10.1. The SMILES string of the molecule is Cc1[nH]c2ccc(CNc3nc4ccccn4c3[N+](=O)[O-])cc2c1C. The van der Waals surface area contributed by atoms with E-state index in [0.29, 0.717) is 12.2 Å². The van der Waals surface area contributed by atoms with Crippen molar-refractivity contribution in [2.75, 3.05) is 5.32 Å². The Morgan fingerprint density at radius 3 is 2.92 bits per heavy atom. The van der Waals surface area contributed by atoms with Gasteiger partial charge < -0.3 is 20.4 Å². The fourth-order valence-electron chi connectivity index (χ4n) is 3.08. The minimum atomic E-state index is -0.412. The second kappa shape index (κ2) is 5.62. The monoisotopic (exact) mass is 335 g/mol. The van der Waals surface area contributed by atoms with E-state index in [4.69, 9.17) is 0 Å². The summed E-state index contributed by atoms with van der Waals surface area (Å²) in [5, 5.41) is 15.7. The first-order valence-corrected chi connectivity index (χ1v) is 7.98. The summed E-state index contributed by atoms with van der Waals surface area (Å²) >= 11 is 0. The Kier molecular flexibility index (Phi) is 3.42. The number of nitrogens with one attached hydrogen (secondary N) is 2. The lowest BCUT2D eigenvalue weighted by Gasteiger charge is -2.04. The number of hydrogen-bond acceptors (Lipinski definition) is 4. The molecule has 7 nitrogen and oxygen atoms in total. The van der Waals surface area contributed by atoms with Crippen LogP contribution in [0.3, 0.4) is 0 Å². The number of pyridine rings is 1. The van der Waals surface area contributed by atoms with Crippen LogP contribution in [0.1, 0.15) is 16.8 Å². The highest BCUT2D eigenvalue weighted by molar-refractivity contribution is 5.85. The van der Waals surface area contributed by atoms with E-state index in [-0.39, 0.29) is 11.6 Å². The molecular formula is C18H17N5O2. The van der Waals surface area contributed by atoms with E-state index in [9.17, 15) is 10.1 Å². The first-order valence-electron chi connectivity index (χ1n) is 7.98. The van der Waals surface area contributed by atoms with Crippen LogP contribution in [0.5, 0.6) is 0 Å². The Bertz CT molecular complexity index is 1110. The molecule has 0 aliphatic heterocycles. The van der Waals surface area contributed by atoms with E-state index in [1.54, 1.807) is 24.4 Å². The summed E-state index contributed by atoms with van der Waals surface area (Å²) in [6.07, 6.45) is 1.64. The molecule has 0 spiro atoms. The number of anilines is 1. The van der Waals surface area contributed by atoms with Crippen molar-refractivity contribution in [1.29, 1.82) is 0 Å². The average Bonchev–Trinajstić information content (AvgIpc) is 3.11. The number of rotatable bonds is 4. The van der Waals surface area contributed by atoms with Crippen LogP contribution in [0.25, 0.3) is 16.6 Å². The first-order chi connectivity index (χ1) is 12.0. The minimum absolute atomic E-state index is 0.0506. The van der Waals surface area contributed by atoms with Gasteiger partial charge in [-0.15, -0.1) is 0 Å². The van der Waals surface area contributed by atoms with Crippen molar-refractivity contribution in [2.24, 2.45) is 0 Å². The van der Waals surface area contributed by atoms with E-state index < -0.39 is 4.92 Å². The van der Waals surface area contributed by atoms with Gasteiger partial charge >= 0.3 is 5.82 Å². The zero-order valence-electron chi connectivity index (χ0n) is 13.9. The van der Waals surface area contributed by atoms with Gasteiger partial charge in [0.1, 0.15) is 0 Å². The van der Waals surface area contributed by atoms with Gasteiger partial charge in [0, 0.05) is 29.2 Å². The molecule has 25 heavy (non-hydrogen) atoms. The molecule has 0 saturated carbocycles. The fraction of sp³-hybridized carbons (Fsp3) is 0.167. The molecule has 0 atom stereocenters. The summed E-state index contributed by atoms with van der Waals surface area (Å²) in [5.41, 5.74) is 5.05. The number of hydrogen-bond donors (Lipinski definition) is 2. The molecule has 1 aromatic carbocycles. The summed E-state index contributed by atoms with van der Waals surface area (Å²) in [6.45, 7) is 4.59. The molecule has 3 aromatic heterocycles. The molecule has 3 heterocycles. The molecule has 0 bridgehead atoms. The van der Waals surface area contributed by atoms with Crippen LogP contribution >= 0.6 is 0 Å². The van der Waals surface area contributed by atoms with Crippen LogP contribution in [0, 0.1) is 24.0 Å². The van der Waals surface area contributed by atoms with Crippen LogP contribution in [0.15, 0.2) is 42.6 Å². The molecule has 4 aromatic rings. The number of aryl methyl sites for hydroxylation is 2. The summed E-state index contributed by atoms with van der Waals surface area (Å²) < 4.78 is 1.48. The molecule has 0 saturated heterocycles. The van der Waals surface area contributed by atoms with Crippen molar-refractivity contribution < 1.29 is 4.92 Å². The molecule has 7 heteroatoms. The standard InChI is InChI=1S/C18H17N5O2/c1-11-12(2)20-15-7-6-13(9-14(11)15)10-19-17-18(23(24)25)22-8-4-3-5-16(22)21-17/h3-9,19-20H,10H2,1-2H3. The maximum atomic E-state index is 11.4. The molecule has 2 N–H and O–H groups in total. The van der Waals surface area contributed by atoms with Crippen LogP contribution in [-0.2, 0) is 6.54 Å². The van der Waals surface area contributed by atoms with E-state index in [1.807, 2.05) is 19.1 Å². The highest BCUT2D eigenvalue weighted by Crippen LogP contribution is 2.27. The number of imidazole rings is 1. The molecule has 0 unspecified atom stereocenters. The summed E-state index contributed by atoms with van der Waals surface area (Å²) in [4.78, 5) is 18.7. The van der Waals surface area contributed by atoms with Crippen LogP contribution in [-0.4, -0.2) is 19.3 Å². The van der Waals surface area contributed by atoms with Crippen molar-refractivity contribution in [3.05, 3.63) is 69.5 Å². The maximum Gasteiger partial charge on any atom is 0.372 e. The Hall–Kier alpha value is -3.35. The van der Waals surface area contributed by atoms with Crippen molar-refractivity contribution in [3.8, 4) is 0 Å². The molecule has 0 radical (unpaired) electrons. The number of nitro groups is 1. The van der Waals surface area contributed by atoms with Crippen molar-refractivity contribution >= 4 is 28.2 Å². The van der Waals surface area contributed by atoms with Crippen molar-refractivity contribution in [1.82, 2.24) is 14.4 Å². The number of H-pyrrole nitrogens is 1. The van der Waals surface area contributed by atoms with Gasteiger partial charge in [-0.3, -0.25) is 0 Å². The number of nitrogens with zero attached hydrogens (tertiary/aromatic N) is 3. The van der Waals surface area contributed by atoms with E-state index in [2.05, 4.69) is 28.3 Å². The second-order valence-electron chi connectivity index (χ2n) is 6.08. The third-order valence-corrected chi connectivity index (χ3v) is 4.51. The maximum absolute atomic E-state index is 11.4. The van der Waals surface area contributed by atoms with Gasteiger partial charge in [0.25, 0.3) is 0 Å². The van der Waals surface area contributed by atoms with Crippen LogP contribution in [0.4, 0.5) is 11.6 Å². The molecule has 0 fully saturated rings. The molecule has 0 amide bonds. The van der Waals surface area contributed by atoms with Gasteiger partial charge in [0.05, 0.1) is 6.20 Å². The molecular weight excluding hydrogens is 318 g/mol. The fourth-order valence-corrected chi connectivity index (χ4v) is 3.08. The Morgan fingerprint density at radius 1 is 1.28 bits per heavy atom. The highest BCUT2D eigenvalue weighted by Gasteiger charge is 2.21. The normalized spacial score (nSPS) is 11.3. The zero-order valence-corrected chi connectivity index (χ0v) is 13.9. The van der Waals surface area contributed by atoms with Gasteiger partial charge in [-0.25, -0.2) is 0 Å². The summed E-state index contributed by atoms with van der Waals surface area (Å²) in [7, 11) is 0. The number of aromatic nitrogens is 3. The van der Waals surface area contributed by atoms with Gasteiger partial charge in [-0.1, -0.05) is 12.1 Å². The van der Waals surface area contributed by atoms with E-state index >= 15 is 0 Å². The second-order valence-corrected chi connectivity index (χ2v) is 6.08. The zero-order chi connectivity index (χ0) is 17.6. The third-order valence-electron chi connectivity index (χ3n) is 4.51. The molecule has 0 aliphatic rings. The molecule has 126 valence electrons. The minimum Gasteiger partial charge on any atom is -0.359 e. The van der Waals surface area contributed by atoms with E-state index in [1.165, 1.54) is 15.4 Å². The van der Waals surface area contributed by atoms with Gasteiger partial charge in [-0.05, 0) is 48.1 Å². The van der Waals surface area contributed by atoms with Crippen LogP contribution < -0.4 is 5.32 Å². The predicted octanol–water partition coefficient (Wildman–Crippen LogP) is 3.95. The quantitative estimate of drug-likeness (QED) is 0.436. The lowest BCUT2D eigenvalue weighted by Crippen LogP contribution is -2.03. The highest BCUT2D eigenvalue weighted by atomic mass is 16.6. The molecule has 0 aliphatic carbocycles. The van der Waals surface area contributed by atoms with Gasteiger partial charge in [-0.2, -0.15) is 9.38 Å². The van der Waals surface area contributed by atoms with E-state index in [0.717, 1.165) is 16.8 Å². The topological polar surface area (TPSA) is 88.3 Å². The summed E-state index contributed by atoms with van der Waals surface area (Å²) in [5.74, 6) is 0.226. The Balaban J connectivity index is 1.67. The number of benzene rings is 1. The lowest BCUT2D eigenvalue weighted by molar-refractivity contribution is -0.389. The Morgan fingerprint density at radius 2 is 2.12 bits per heavy atom. The molecule has 4 rings (SSSR count). The van der Waals surface area contributed by atoms with Gasteiger partial charge in [0.2, 0.25) is 11.5 Å². The van der Waals surface area contributed by atoms with Crippen molar-refractivity contribution in [3.63, 3.8) is 0 Å². The average molecular weight is 335 g/mol. The van der Waals surface area contributed by atoms with Gasteiger partial charge in [0.15, 0.2) is 0 Å². The number of fused-ring (bicyclic) bond motifs is 2.